The van der Waals surface area contributed by atoms with Gasteiger partial charge in [-0.25, -0.2) is 0 Å². The molecule has 2 fully saturated rings. The Morgan fingerprint density at radius 3 is 2.73 bits per heavy atom. The molecule has 1 saturated carbocycles. The molecule has 0 radical (unpaired) electrons. The average molecular weight is 300 g/mol. The van der Waals surface area contributed by atoms with Gasteiger partial charge in [-0.05, 0) is 63.2 Å². The highest BCUT2D eigenvalue weighted by molar-refractivity contribution is 5.86. The summed E-state index contributed by atoms with van der Waals surface area (Å²) in [7, 11) is 2.16. The van der Waals surface area contributed by atoms with E-state index in [-0.39, 0.29) is 11.3 Å². The van der Waals surface area contributed by atoms with E-state index in [2.05, 4.69) is 55.4 Å². The molecule has 0 bridgehead atoms. The number of nitrogens with zero attached hydrogens (tertiary/aromatic N) is 1. The van der Waals surface area contributed by atoms with Crippen LogP contribution in [0.25, 0.3) is 0 Å². The molecular formula is C19H28N2O. The third-order valence-electron chi connectivity index (χ3n) is 5.55. The summed E-state index contributed by atoms with van der Waals surface area (Å²) >= 11 is 0. The SMILES string of the molecule is Cc1ccccc1CC1(C(=O)NC2CCN(C)CC2C)CC1. The third kappa shape index (κ3) is 3.19. The smallest absolute Gasteiger partial charge is 0.226 e. The Morgan fingerprint density at radius 1 is 1.36 bits per heavy atom. The molecule has 1 aliphatic heterocycles. The summed E-state index contributed by atoms with van der Waals surface area (Å²) in [4.78, 5) is 15.2. The number of hydrogen-bond donors (Lipinski definition) is 1. The van der Waals surface area contributed by atoms with Crippen LogP contribution in [0.5, 0.6) is 0 Å². The Bertz CT molecular complexity index is 550. The second-order valence-electron chi connectivity index (χ2n) is 7.49. The fraction of sp³-hybridized carbons (Fsp3) is 0.632. The van der Waals surface area contributed by atoms with Crippen molar-refractivity contribution in [3.05, 3.63) is 35.4 Å². The van der Waals surface area contributed by atoms with E-state index in [9.17, 15) is 4.79 Å². The van der Waals surface area contributed by atoms with Crippen LogP contribution >= 0.6 is 0 Å². The number of amides is 1. The summed E-state index contributed by atoms with van der Waals surface area (Å²) in [5.74, 6) is 0.828. The van der Waals surface area contributed by atoms with Gasteiger partial charge in [-0.15, -0.1) is 0 Å². The largest absolute Gasteiger partial charge is 0.353 e. The van der Waals surface area contributed by atoms with E-state index in [0.29, 0.717) is 12.0 Å². The van der Waals surface area contributed by atoms with Crippen LogP contribution in [0.4, 0.5) is 0 Å². The molecule has 1 N–H and O–H groups in total. The third-order valence-corrected chi connectivity index (χ3v) is 5.55. The van der Waals surface area contributed by atoms with Crippen LogP contribution in [0.2, 0.25) is 0 Å². The van der Waals surface area contributed by atoms with Crippen molar-refractivity contribution >= 4 is 5.91 Å². The predicted octanol–water partition coefficient (Wildman–Crippen LogP) is 2.77. The monoisotopic (exact) mass is 300 g/mol. The number of aryl methyl sites for hydroxylation is 1. The van der Waals surface area contributed by atoms with E-state index in [1.165, 1.54) is 11.1 Å². The predicted molar refractivity (Wildman–Crippen MR) is 89.8 cm³/mol. The topological polar surface area (TPSA) is 32.3 Å². The van der Waals surface area contributed by atoms with Crippen LogP contribution in [0, 0.1) is 18.3 Å². The highest BCUT2D eigenvalue weighted by Crippen LogP contribution is 2.49. The van der Waals surface area contributed by atoms with Gasteiger partial charge in [-0.2, -0.15) is 0 Å². The van der Waals surface area contributed by atoms with E-state index < -0.39 is 0 Å². The first-order chi connectivity index (χ1) is 10.5. The van der Waals surface area contributed by atoms with E-state index in [1.54, 1.807) is 0 Å². The van der Waals surface area contributed by atoms with Crippen molar-refractivity contribution in [3.63, 3.8) is 0 Å². The van der Waals surface area contributed by atoms with Crippen LogP contribution in [0.15, 0.2) is 24.3 Å². The lowest BCUT2D eigenvalue weighted by Crippen LogP contribution is -2.50. The van der Waals surface area contributed by atoms with Crippen molar-refractivity contribution in [2.24, 2.45) is 11.3 Å². The van der Waals surface area contributed by atoms with Crippen molar-refractivity contribution in [3.8, 4) is 0 Å². The Morgan fingerprint density at radius 2 is 2.09 bits per heavy atom. The Hall–Kier alpha value is -1.35. The molecule has 1 aliphatic carbocycles. The van der Waals surface area contributed by atoms with E-state index >= 15 is 0 Å². The number of carbonyl (C=O) groups excluding carboxylic acids is 1. The molecule has 3 nitrogen and oxygen atoms in total. The van der Waals surface area contributed by atoms with Gasteiger partial charge in [0.2, 0.25) is 5.91 Å². The van der Waals surface area contributed by atoms with Crippen molar-refractivity contribution in [1.29, 1.82) is 0 Å². The first-order valence-corrected chi connectivity index (χ1v) is 8.54. The van der Waals surface area contributed by atoms with E-state index in [1.807, 2.05) is 0 Å². The molecule has 22 heavy (non-hydrogen) atoms. The van der Waals surface area contributed by atoms with Crippen LogP contribution < -0.4 is 5.32 Å². The van der Waals surface area contributed by atoms with Crippen LogP contribution in [0.1, 0.15) is 37.3 Å². The quantitative estimate of drug-likeness (QED) is 0.927. The molecule has 2 unspecified atom stereocenters. The zero-order valence-electron chi connectivity index (χ0n) is 14.1. The molecule has 1 amide bonds. The lowest BCUT2D eigenvalue weighted by Gasteiger charge is -2.36. The Balaban J connectivity index is 1.63. The summed E-state index contributed by atoms with van der Waals surface area (Å²) in [6.45, 7) is 6.56. The number of piperidine rings is 1. The molecule has 2 aliphatic rings. The van der Waals surface area contributed by atoms with Gasteiger partial charge in [0.25, 0.3) is 0 Å². The minimum atomic E-state index is -0.130. The fourth-order valence-electron chi connectivity index (χ4n) is 3.70. The lowest BCUT2D eigenvalue weighted by atomic mass is 9.90. The molecule has 1 aromatic rings. The molecule has 1 aromatic carbocycles. The lowest BCUT2D eigenvalue weighted by molar-refractivity contribution is -0.127. The minimum Gasteiger partial charge on any atom is -0.353 e. The van der Waals surface area contributed by atoms with Crippen LogP contribution in [-0.4, -0.2) is 37.0 Å². The summed E-state index contributed by atoms with van der Waals surface area (Å²) < 4.78 is 0. The summed E-state index contributed by atoms with van der Waals surface area (Å²) in [6, 6.07) is 8.80. The Labute approximate surface area is 134 Å². The summed E-state index contributed by atoms with van der Waals surface area (Å²) in [5, 5.41) is 3.37. The van der Waals surface area contributed by atoms with Crippen molar-refractivity contribution in [1.82, 2.24) is 10.2 Å². The molecule has 120 valence electrons. The first-order valence-electron chi connectivity index (χ1n) is 8.54. The van der Waals surface area contributed by atoms with Gasteiger partial charge < -0.3 is 10.2 Å². The molecule has 0 spiro atoms. The van der Waals surface area contributed by atoms with Crippen molar-refractivity contribution < 1.29 is 4.79 Å². The van der Waals surface area contributed by atoms with Crippen LogP contribution in [0.3, 0.4) is 0 Å². The summed E-state index contributed by atoms with van der Waals surface area (Å²) in [5.41, 5.74) is 2.50. The maximum Gasteiger partial charge on any atom is 0.226 e. The van der Waals surface area contributed by atoms with E-state index in [0.717, 1.165) is 38.8 Å². The normalized spacial score (nSPS) is 27.4. The number of likely N-dealkylation sites (tertiary alicyclic amines) is 1. The van der Waals surface area contributed by atoms with Gasteiger partial charge in [0, 0.05) is 12.6 Å². The standard InChI is InChI=1S/C19H28N2O/c1-14-6-4-5-7-16(14)12-19(9-10-19)18(22)20-17-8-11-21(3)13-15(17)2/h4-7,15,17H,8-13H2,1-3H3,(H,20,22). The average Bonchev–Trinajstić information content (AvgIpc) is 3.25. The van der Waals surface area contributed by atoms with Gasteiger partial charge in [-0.1, -0.05) is 31.2 Å². The van der Waals surface area contributed by atoms with Gasteiger partial charge in [0.1, 0.15) is 0 Å². The van der Waals surface area contributed by atoms with Crippen molar-refractivity contribution in [2.75, 3.05) is 20.1 Å². The number of carbonyl (C=O) groups is 1. The zero-order chi connectivity index (χ0) is 15.7. The van der Waals surface area contributed by atoms with E-state index in [4.69, 9.17) is 0 Å². The fourth-order valence-corrected chi connectivity index (χ4v) is 3.70. The molecule has 0 aromatic heterocycles. The second-order valence-corrected chi connectivity index (χ2v) is 7.49. The maximum atomic E-state index is 12.8. The molecule has 3 heteroatoms. The number of rotatable bonds is 4. The number of benzene rings is 1. The zero-order valence-corrected chi connectivity index (χ0v) is 14.1. The molecule has 3 rings (SSSR count). The van der Waals surface area contributed by atoms with Crippen LogP contribution in [-0.2, 0) is 11.2 Å². The highest BCUT2D eigenvalue weighted by Gasteiger charge is 2.50. The number of hydrogen-bond acceptors (Lipinski definition) is 2. The van der Waals surface area contributed by atoms with Gasteiger partial charge in [-0.3, -0.25) is 4.79 Å². The highest BCUT2D eigenvalue weighted by atomic mass is 16.2. The second kappa shape index (κ2) is 6.04. The minimum absolute atomic E-state index is 0.130. The molecule has 1 saturated heterocycles. The van der Waals surface area contributed by atoms with Gasteiger partial charge >= 0.3 is 0 Å². The summed E-state index contributed by atoms with van der Waals surface area (Å²) in [6.07, 6.45) is 4.04. The number of nitrogens with one attached hydrogen (secondary N) is 1. The van der Waals surface area contributed by atoms with Crippen molar-refractivity contribution in [2.45, 2.75) is 45.6 Å². The van der Waals surface area contributed by atoms with Gasteiger partial charge in [0.05, 0.1) is 5.41 Å². The van der Waals surface area contributed by atoms with Gasteiger partial charge in [0.15, 0.2) is 0 Å². The molecule has 1 heterocycles. The molecular weight excluding hydrogens is 272 g/mol. The molecule has 2 atom stereocenters. The maximum absolute atomic E-state index is 12.8. The Kier molecular flexibility index (Phi) is 4.26. The first kappa shape index (κ1) is 15.5.